The van der Waals surface area contributed by atoms with E-state index in [1.165, 1.54) is 11.8 Å². The molecule has 3 rings (SSSR count). The van der Waals surface area contributed by atoms with Crippen LogP contribution in [-0.2, 0) is 4.74 Å². The van der Waals surface area contributed by atoms with E-state index in [1.54, 1.807) is 0 Å². The lowest BCUT2D eigenvalue weighted by molar-refractivity contribution is -0.0384. The minimum Gasteiger partial charge on any atom is -0.391 e. The third-order valence-corrected chi connectivity index (χ3v) is 5.23. The van der Waals surface area contributed by atoms with Crippen LogP contribution in [0, 0.1) is 0 Å². The highest BCUT2D eigenvalue weighted by atomic mass is 32.2. The number of nitrogens with two attached hydrogens (primary N) is 1. The van der Waals surface area contributed by atoms with Gasteiger partial charge in [-0.05, 0) is 25.0 Å². The molecule has 144 valence electrons. The van der Waals surface area contributed by atoms with Crippen molar-refractivity contribution >= 4 is 23.7 Å². The van der Waals surface area contributed by atoms with Crippen molar-refractivity contribution in [3.63, 3.8) is 0 Å². The van der Waals surface area contributed by atoms with Crippen LogP contribution in [0.1, 0.15) is 37.2 Å². The Kier molecular flexibility index (Phi) is 5.81. The fourth-order valence-corrected chi connectivity index (χ4v) is 3.74. The average Bonchev–Trinajstić information content (AvgIpc) is 2.62. The summed E-state index contributed by atoms with van der Waals surface area (Å²) in [5.74, 6) is -2.16. The Morgan fingerprint density at radius 1 is 1.31 bits per heavy atom. The zero-order chi connectivity index (χ0) is 18.7. The molecule has 2 aliphatic rings. The van der Waals surface area contributed by atoms with Crippen LogP contribution in [0.25, 0.3) is 0 Å². The van der Waals surface area contributed by atoms with Gasteiger partial charge in [0.15, 0.2) is 5.16 Å². The van der Waals surface area contributed by atoms with Gasteiger partial charge in [-0.1, -0.05) is 11.8 Å². The van der Waals surface area contributed by atoms with Crippen LogP contribution in [0.5, 0.6) is 5.88 Å². The van der Waals surface area contributed by atoms with Crippen LogP contribution in [0.4, 0.5) is 19.4 Å². The van der Waals surface area contributed by atoms with Gasteiger partial charge in [-0.25, -0.2) is 18.6 Å². The molecule has 26 heavy (non-hydrogen) atoms. The maximum atomic E-state index is 13.6. The SMILES string of the molecule is CSc1nc(OC(N)=O)c(C2CCC(F)(F)CC2)c(N2CCOCC2)n1. The van der Waals surface area contributed by atoms with Crippen molar-refractivity contribution in [2.24, 2.45) is 5.73 Å². The number of alkyl halides is 2. The van der Waals surface area contributed by atoms with Gasteiger partial charge in [0.25, 0.3) is 0 Å². The summed E-state index contributed by atoms with van der Waals surface area (Å²) in [6.45, 7) is 2.34. The van der Waals surface area contributed by atoms with Crippen molar-refractivity contribution in [1.29, 1.82) is 0 Å². The largest absolute Gasteiger partial charge is 0.411 e. The molecule has 0 aromatic carbocycles. The number of thioether (sulfide) groups is 1. The Morgan fingerprint density at radius 3 is 2.54 bits per heavy atom. The number of aromatic nitrogens is 2. The number of hydrogen-bond acceptors (Lipinski definition) is 7. The van der Waals surface area contributed by atoms with Gasteiger partial charge in [0.1, 0.15) is 5.82 Å². The number of carbonyl (C=O) groups excluding carboxylic acids is 1. The average molecular weight is 388 g/mol. The molecule has 2 fully saturated rings. The first-order chi connectivity index (χ1) is 12.4. The maximum Gasteiger partial charge on any atom is 0.411 e. The van der Waals surface area contributed by atoms with E-state index in [2.05, 4.69) is 9.97 Å². The molecule has 10 heteroatoms. The molecule has 2 N–H and O–H groups in total. The zero-order valence-corrected chi connectivity index (χ0v) is 15.4. The lowest BCUT2D eigenvalue weighted by atomic mass is 9.82. The van der Waals surface area contributed by atoms with Crippen molar-refractivity contribution < 1.29 is 23.0 Å². The highest BCUT2D eigenvalue weighted by molar-refractivity contribution is 7.98. The van der Waals surface area contributed by atoms with E-state index in [-0.39, 0.29) is 37.5 Å². The number of nitrogens with zero attached hydrogens (tertiary/aromatic N) is 3. The van der Waals surface area contributed by atoms with Crippen molar-refractivity contribution in [3.05, 3.63) is 5.56 Å². The predicted octanol–water partition coefficient (Wildman–Crippen LogP) is 2.79. The maximum absolute atomic E-state index is 13.6. The van der Waals surface area contributed by atoms with E-state index in [9.17, 15) is 13.6 Å². The molecule has 0 bridgehead atoms. The summed E-state index contributed by atoms with van der Waals surface area (Å²) in [4.78, 5) is 22.3. The van der Waals surface area contributed by atoms with Crippen LogP contribution in [0.15, 0.2) is 5.16 Å². The topological polar surface area (TPSA) is 90.6 Å². The Labute approximate surface area is 154 Å². The van der Waals surface area contributed by atoms with Crippen molar-refractivity contribution in [2.45, 2.75) is 42.7 Å². The first kappa shape index (κ1) is 19.1. The second-order valence-corrected chi connectivity index (χ2v) is 7.18. The highest BCUT2D eigenvalue weighted by Gasteiger charge is 2.38. The van der Waals surface area contributed by atoms with E-state index in [4.69, 9.17) is 15.2 Å². The van der Waals surface area contributed by atoms with E-state index in [0.29, 0.717) is 42.8 Å². The summed E-state index contributed by atoms with van der Waals surface area (Å²) in [5, 5.41) is 0.438. The molecule has 1 saturated heterocycles. The minimum atomic E-state index is -2.65. The summed E-state index contributed by atoms with van der Waals surface area (Å²) in [6.07, 6.45) is 0.975. The van der Waals surface area contributed by atoms with Gasteiger partial charge in [-0.2, -0.15) is 4.98 Å². The molecule has 1 aromatic heterocycles. The fourth-order valence-electron chi connectivity index (χ4n) is 3.39. The lowest BCUT2D eigenvalue weighted by Gasteiger charge is -2.34. The number of anilines is 1. The second-order valence-electron chi connectivity index (χ2n) is 6.40. The van der Waals surface area contributed by atoms with E-state index < -0.39 is 12.0 Å². The van der Waals surface area contributed by atoms with Crippen molar-refractivity contribution in [1.82, 2.24) is 9.97 Å². The number of hydrogen-bond donors (Lipinski definition) is 1. The molecule has 0 atom stereocenters. The normalized spacial score (nSPS) is 20.8. The van der Waals surface area contributed by atoms with Crippen LogP contribution >= 0.6 is 11.8 Å². The Bertz CT molecular complexity index is 661. The molecule has 2 heterocycles. The fraction of sp³-hybridized carbons (Fsp3) is 0.688. The zero-order valence-electron chi connectivity index (χ0n) is 14.5. The first-order valence-electron chi connectivity index (χ1n) is 8.53. The van der Waals surface area contributed by atoms with E-state index in [1.807, 2.05) is 11.2 Å². The molecule has 1 aliphatic heterocycles. The van der Waals surface area contributed by atoms with Gasteiger partial charge >= 0.3 is 6.09 Å². The van der Waals surface area contributed by atoms with Crippen molar-refractivity contribution in [2.75, 3.05) is 37.5 Å². The molecule has 1 saturated carbocycles. The predicted molar refractivity (Wildman–Crippen MR) is 93.2 cm³/mol. The number of halogens is 2. The summed E-state index contributed by atoms with van der Waals surface area (Å²) in [7, 11) is 0. The van der Waals surface area contributed by atoms with Gasteiger partial charge in [-0.15, -0.1) is 0 Å². The molecule has 0 radical (unpaired) electrons. The first-order valence-corrected chi connectivity index (χ1v) is 9.76. The molecule has 1 aromatic rings. The standard InChI is InChI=1S/C16H22F2N4O3S/c1-26-15-20-12(22-6-8-24-9-7-22)11(13(21-15)25-14(19)23)10-2-4-16(17,18)5-3-10/h10H,2-9H2,1H3,(H2,19,23). The number of morpholine rings is 1. The monoisotopic (exact) mass is 388 g/mol. The molecule has 1 aliphatic carbocycles. The molecular formula is C16H22F2N4O3S. The van der Waals surface area contributed by atoms with Crippen LogP contribution in [0.3, 0.4) is 0 Å². The Balaban J connectivity index is 2.03. The van der Waals surface area contributed by atoms with Gasteiger partial charge < -0.3 is 20.1 Å². The molecular weight excluding hydrogens is 366 g/mol. The third kappa shape index (κ3) is 4.35. The van der Waals surface area contributed by atoms with E-state index >= 15 is 0 Å². The highest BCUT2D eigenvalue weighted by Crippen LogP contribution is 2.46. The molecule has 0 spiro atoms. The van der Waals surface area contributed by atoms with E-state index in [0.717, 1.165) is 0 Å². The number of ether oxygens (including phenoxy) is 2. The lowest BCUT2D eigenvalue weighted by Crippen LogP contribution is -2.38. The summed E-state index contributed by atoms with van der Waals surface area (Å²) in [5.41, 5.74) is 5.80. The molecule has 7 nitrogen and oxygen atoms in total. The Hall–Kier alpha value is -1.68. The number of carbonyl (C=O) groups is 1. The van der Waals surface area contributed by atoms with Gasteiger partial charge in [0.05, 0.1) is 18.8 Å². The van der Waals surface area contributed by atoms with Crippen LogP contribution in [-0.4, -0.2) is 54.5 Å². The van der Waals surface area contributed by atoms with Crippen LogP contribution in [0.2, 0.25) is 0 Å². The number of rotatable bonds is 4. The molecule has 1 amide bonds. The minimum absolute atomic E-state index is 0.0774. The number of primary amides is 1. The van der Waals surface area contributed by atoms with Crippen LogP contribution < -0.4 is 15.4 Å². The quantitative estimate of drug-likeness (QED) is 0.626. The summed E-state index contributed by atoms with van der Waals surface area (Å²) in [6, 6.07) is 0. The third-order valence-electron chi connectivity index (χ3n) is 4.69. The second kappa shape index (κ2) is 7.91. The van der Waals surface area contributed by atoms with Gasteiger partial charge in [-0.3, -0.25) is 0 Å². The smallest absolute Gasteiger partial charge is 0.391 e. The summed E-state index contributed by atoms with van der Waals surface area (Å²) >= 11 is 1.31. The number of amides is 1. The van der Waals surface area contributed by atoms with Gasteiger partial charge in [0.2, 0.25) is 11.8 Å². The van der Waals surface area contributed by atoms with Gasteiger partial charge in [0, 0.05) is 25.9 Å². The van der Waals surface area contributed by atoms with Crippen molar-refractivity contribution in [3.8, 4) is 5.88 Å². The summed E-state index contributed by atoms with van der Waals surface area (Å²) < 4.78 is 37.8. The Morgan fingerprint density at radius 2 is 1.96 bits per heavy atom. The molecule has 0 unspecified atom stereocenters.